The summed E-state index contributed by atoms with van der Waals surface area (Å²) in [6.07, 6.45) is -9.54. The van der Waals surface area contributed by atoms with E-state index in [4.69, 9.17) is 23.1 Å². The highest BCUT2D eigenvalue weighted by Gasteiger charge is 2.39. The standard InChI is InChI=1S/C25H25ClF6N4O3/c26-19-3-1-14(2-4-19)7-20-8-15(12-35(23(34)39)13-21(33)37)5-6-36(20)22(38)16-9-17(24(27,28)29)11-18(10-16)25(30,31)32/h1-4,9-11,15,20H,5-8,12-13H2,(H2,33,37)(H2,34,39)/t15-,20-/m0/s1. The van der Waals surface area contributed by atoms with Crippen LogP contribution in [0.5, 0.6) is 0 Å². The van der Waals surface area contributed by atoms with Crippen LogP contribution in [-0.4, -0.2) is 53.3 Å². The zero-order valence-corrected chi connectivity index (χ0v) is 21.1. The number of alkyl halides is 6. The highest BCUT2D eigenvalue weighted by Crippen LogP contribution is 2.37. The quantitative estimate of drug-likeness (QED) is 0.465. The molecule has 4 amide bonds. The van der Waals surface area contributed by atoms with Crippen LogP contribution in [0.15, 0.2) is 42.5 Å². The Morgan fingerprint density at radius 2 is 1.51 bits per heavy atom. The van der Waals surface area contributed by atoms with E-state index in [1.165, 1.54) is 4.90 Å². The van der Waals surface area contributed by atoms with Gasteiger partial charge in [-0.05, 0) is 61.1 Å². The molecule has 2 aromatic carbocycles. The van der Waals surface area contributed by atoms with E-state index < -0.39 is 59.5 Å². The second kappa shape index (κ2) is 11.7. The molecule has 0 saturated carbocycles. The molecule has 7 nitrogen and oxygen atoms in total. The number of hydrogen-bond acceptors (Lipinski definition) is 3. The van der Waals surface area contributed by atoms with Crippen LogP contribution in [0, 0.1) is 5.92 Å². The van der Waals surface area contributed by atoms with E-state index in [1.807, 2.05) is 0 Å². The van der Waals surface area contributed by atoms with Gasteiger partial charge in [0.15, 0.2) is 0 Å². The molecule has 2 atom stereocenters. The molecule has 212 valence electrons. The van der Waals surface area contributed by atoms with Crippen molar-refractivity contribution in [3.63, 3.8) is 0 Å². The summed E-state index contributed by atoms with van der Waals surface area (Å²) in [6, 6.07) is 5.81. The van der Waals surface area contributed by atoms with Gasteiger partial charge in [0.25, 0.3) is 5.91 Å². The Morgan fingerprint density at radius 3 is 2.00 bits per heavy atom. The van der Waals surface area contributed by atoms with Crippen molar-refractivity contribution in [2.24, 2.45) is 17.4 Å². The Balaban J connectivity index is 1.95. The van der Waals surface area contributed by atoms with Crippen molar-refractivity contribution in [1.82, 2.24) is 9.80 Å². The minimum atomic E-state index is -5.11. The van der Waals surface area contributed by atoms with Gasteiger partial charge in [0.05, 0.1) is 11.1 Å². The van der Waals surface area contributed by atoms with Crippen LogP contribution >= 0.6 is 11.6 Å². The summed E-state index contributed by atoms with van der Waals surface area (Å²) in [4.78, 5) is 38.8. The monoisotopic (exact) mass is 578 g/mol. The molecule has 3 rings (SSSR count). The molecule has 0 aliphatic carbocycles. The molecule has 0 bridgehead atoms. The summed E-state index contributed by atoms with van der Waals surface area (Å²) < 4.78 is 80.3. The number of amides is 4. The SMILES string of the molecule is NC(=O)CN(C[C@H]1CCN(C(=O)c2cc(C(F)(F)F)cc(C(F)(F)F)c2)[C@@H](Cc2ccc(Cl)cc2)C1)C(N)=O. The van der Waals surface area contributed by atoms with Crippen molar-refractivity contribution in [2.75, 3.05) is 19.6 Å². The Hall–Kier alpha value is -3.48. The largest absolute Gasteiger partial charge is 0.416 e. The number of urea groups is 1. The predicted octanol–water partition coefficient (Wildman–Crippen LogP) is 4.71. The van der Waals surface area contributed by atoms with Crippen LogP contribution in [0.3, 0.4) is 0 Å². The van der Waals surface area contributed by atoms with E-state index in [2.05, 4.69) is 0 Å². The van der Waals surface area contributed by atoms with E-state index in [-0.39, 0.29) is 44.3 Å². The molecule has 1 aliphatic rings. The number of halogens is 7. The first kappa shape index (κ1) is 30.1. The minimum absolute atomic E-state index is 0.0253. The fraction of sp³-hybridized carbons (Fsp3) is 0.400. The van der Waals surface area contributed by atoms with Gasteiger partial charge in [-0.25, -0.2) is 4.79 Å². The van der Waals surface area contributed by atoms with E-state index in [0.29, 0.717) is 22.7 Å². The van der Waals surface area contributed by atoms with E-state index >= 15 is 0 Å². The van der Waals surface area contributed by atoms with Crippen molar-refractivity contribution in [3.8, 4) is 0 Å². The van der Waals surface area contributed by atoms with Crippen LogP contribution in [0.1, 0.15) is 39.9 Å². The number of piperidine rings is 1. The third-order valence-corrected chi connectivity index (χ3v) is 6.69. The fourth-order valence-corrected chi connectivity index (χ4v) is 4.76. The van der Waals surface area contributed by atoms with Crippen molar-refractivity contribution in [3.05, 3.63) is 69.7 Å². The lowest BCUT2D eigenvalue weighted by molar-refractivity contribution is -0.143. The maximum Gasteiger partial charge on any atom is 0.416 e. The number of rotatable bonds is 7. The maximum absolute atomic E-state index is 13.4. The summed E-state index contributed by atoms with van der Waals surface area (Å²) in [5.74, 6) is -2.07. The van der Waals surface area contributed by atoms with Gasteiger partial charge in [-0.2, -0.15) is 26.3 Å². The van der Waals surface area contributed by atoms with Gasteiger partial charge in [0.1, 0.15) is 6.54 Å². The zero-order chi connectivity index (χ0) is 29.1. The molecule has 0 unspecified atom stereocenters. The third kappa shape index (κ3) is 8.01. The van der Waals surface area contributed by atoms with E-state index in [0.717, 1.165) is 4.90 Å². The number of hydrogen-bond donors (Lipinski definition) is 2. The molecule has 14 heteroatoms. The average molecular weight is 579 g/mol. The van der Waals surface area contributed by atoms with Gasteiger partial charge in [0.2, 0.25) is 5.91 Å². The van der Waals surface area contributed by atoms with Gasteiger partial charge in [-0.3, -0.25) is 9.59 Å². The number of likely N-dealkylation sites (tertiary alicyclic amines) is 1. The summed E-state index contributed by atoms with van der Waals surface area (Å²) >= 11 is 5.93. The lowest BCUT2D eigenvalue weighted by Gasteiger charge is -2.41. The Bertz CT molecular complexity index is 1190. The fourth-order valence-electron chi connectivity index (χ4n) is 4.63. The van der Waals surface area contributed by atoms with Gasteiger partial charge < -0.3 is 21.3 Å². The number of nitrogens with zero attached hydrogens (tertiary/aromatic N) is 2. The van der Waals surface area contributed by atoms with Crippen LogP contribution in [0.2, 0.25) is 5.02 Å². The Labute approximate surface area is 224 Å². The first-order valence-electron chi connectivity index (χ1n) is 11.7. The third-order valence-electron chi connectivity index (χ3n) is 6.44. The van der Waals surface area contributed by atoms with Crippen LogP contribution in [-0.2, 0) is 23.6 Å². The lowest BCUT2D eigenvalue weighted by Crippen LogP contribution is -2.51. The van der Waals surface area contributed by atoms with Gasteiger partial charge in [-0.15, -0.1) is 0 Å². The van der Waals surface area contributed by atoms with Crippen LogP contribution < -0.4 is 11.5 Å². The molecule has 0 radical (unpaired) electrons. The number of carbonyl (C=O) groups is 3. The smallest absolute Gasteiger partial charge is 0.368 e. The summed E-state index contributed by atoms with van der Waals surface area (Å²) in [7, 11) is 0. The number of benzene rings is 2. The number of primary amides is 2. The Morgan fingerprint density at radius 1 is 0.949 bits per heavy atom. The molecule has 39 heavy (non-hydrogen) atoms. The first-order valence-corrected chi connectivity index (χ1v) is 12.1. The second-order valence-corrected chi connectivity index (χ2v) is 9.79. The Kier molecular flexibility index (Phi) is 9.04. The van der Waals surface area contributed by atoms with Crippen molar-refractivity contribution in [1.29, 1.82) is 0 Å². The van der Waals surface area contributed by atoms with Crippen LogP contribution in [0.4, 0.5) is 31.1 Å². The molecule has 1 heterocycles. The predicted molar refractivity (Wildman–Crippen MR) is 130 cm³/mol. The molecular weight excluding hydrogens is 554 g/mol. The molecule has 1 saturated heterocycles. The lowest BCUT2D eigenvalue weighted by atomic mass is 9.86. The van der Waals surface area contributed by atoms with Crippen LogP contribution in [0.25, 0.3) is 0 Å². The minimum Gasteiger partial charge on any atom is -0.368 e. The van der Waals surface area contributed by atoms with E-state index in [1.54, 1.807) is 24.3 Å². The normalized spacial score (nSPS) is 18.1. The highest BCUT2D eigenvalue weighted by molar-refractivity contribution is 6.30. The van der Waals surface area contributed by atoms with Crippen molar-refractivity contribution >= 4 is 29.4 Å². The maximum atomic E-state index is 13.4. The molecule has 1 fully saturated rings. The molecule has 4 N–H and O–H groups in total. The van der Waals surface area contributed by atoms with Gasteiger partial charge >= 0.3 is 18.4 Å². The summed E-state index contributed by atoms with van der Waals surface area (Å²) in [5.41, 5.74) is 7.31. The van der Waals surface area contributed by atoms with Gasteiger partial charge in [-0.1, -0.05) is 23.7 Å². The summed E-state index contributed by atoms with van der Waals surface area (Å²) in [5, 5.41) is 0.445. The van der Waals surface area contributed by atoms with E-state index in [9.17, 15) is 40.7 Å². The highest BCUT2D eigenvalue weighted by atomic mass is 35.5. The molecule has 2 aromatic rings. The first-order chi connectivity index (χ1) is 18.0. The summed E-state index contributed by atoms with van der Waals surface area (Å²) in [6.45, 7) is -0.428. The van der Waals surface area contributed by atoms with Crippen molar-refractivity contribution < 1.29 is 40.7 Å². The number of carbonyl (C=O) groups excluding carboxylic acids is 3. The van der Waals surface area contributed by atoms with Gasteiger partial charge in [0, 0.05) is 29.7 Å². The molecule has 0 aromatic heterocycles. The van der Waals surface area contributed by atoms with Crippen molar-refractivity contribution in [2.45, 2.75) is 37.7 Å². The zero-order valence-electron chi connectivity index (χ0n) is 20.4. The molecule has 1 aliphatic heterocycles. The molecular formula is C25H25ClF6N4O3. The average Bonchev–Trinajstić information content (AvgIpc) is 2.83. The second-order valence-electron chi connectivity index (χ2n) is 9.35. The number of nitrogens with two attached hydrogens (primary N) is 2. The topological polar surface area (TPSA) is 110 Å². The molecule has 0 spiro atoms.